The third-order valence-electron chi connectivity index (χ3n) is 5.01. The van der Waals surface area contributed by atoms with Gasteiger partial charge in [0, 0.05) is 26.1 Å². The minimum atomic E-state index is -0.0675. The van der Waals surface area contributed by atoms with Crippen molar-refractivity contribution >= 4 is 0 Å². The van der Waals surface area contributed by atoms with Crippen molar-refractivity contribution in [2.24, 2.45) is 0 Å². The summed E-state index contributed by atoms with van der Waals surface area (Å²) in [7, 11) is 0. The van der Waals surface area contributed by atoms with E-state index in [1.165, 1.54) is 16.7 Å². The number of aromatic amines is 1. The summed E-state index contributed by atoms with van der Waals surface area (Å²) in [5, 5.41) is 0. The molecule has 1 aliphatic heterocycles. The Bertz CT molecular complexity index is 958. The fourth-order valence-electron chi connectivity index (χ4n) is 3.37. The van der Waals surface area contributed by atoms with Gasteiger partial charge in [-0.1, -0.05) is 18.2 Å². The summed E-state index contributed by atoms with van der Waals surface area (Å²) < 4.78 is 5.35. The van der Waals surface area contributed by atoms with Gasteiger partial charge in [0.1, 0.15) is 0 Å². The smallest absolute Gasteiger partial charge is 0.256 e. The summed E-state index contributed by atoms with van der Waals surface area (Å²) in [6.45, 7) is 6.67. The van der Waals surface area contributed by atoms with Gasteiger partial charge in [-0.15, -0.1) is 0 Å². The molecule has 5 nitrogen and oxygen atoms in total. The molecule has 0 unspecified atom stereocenters. The second-order valence-electron chi connectivity index (χ2n) is 6.64. The summed E-state index contributed by atoms with van der Waals surface area (Å²) >= 11 is 0. The molecule has 0 saturated heterocycles. The Morgan fingerprint density at radius 1 is 1.24 bits per heavy atom. The average Bonchev–Trinajstić information content (AvgIpc) is 3.14. The van der Waals surface area contributed by atoms with E-state index in [4.69, 9.17) is 4.42 Å². The van der Waals surface area contributed by atoms with E-state index in [0.29, 0.717) is 18.1 Å². The zero-order valence-electron chi connectivity index (χ0n) is 14.5. The second-order valence-corrected chi connectivity index (χ2v) is 6.64. The number of nitrogens with one attached hydrogen (secondary N) is 1. The molecule has 0 saturated carbocycles. The zero-order chi connectivity index (χ0) is 17.4. The van der Waals surface area contributed by atoms with Gasteiger partial charge < -0.3 is 9.40 Å². The quantitative estimate of drug-likeness (QED) is 0.798. The summed E-state index contributed by atoms with van der Waals surface area (Å²) in [6, 6.07) is 10.00. The van der Waals surface area contributed by atoms with E-state index in [1.807, 2.05) is 0 Å². The van der Waals surface area contributed by atoms with Gasteiger partial charge >= 0.3 is 0 Å². The highest BCUT2D eigenvalue weighted by Gasteiger charge is 2.22. The molecule has 0 radical (unpaired) electrons. The molecule has 25 heavy (non-hydrogen) atoms. The lowest BCUT2D eigenvalue weighted by atomic mass is 10.0. The molecule has 3 heterocycles. The van der Waals surface area contributed by atoms with Crippen molar-refractivity contribution in [1.82, 2.24) is 14.9 Å². The Kier molecular flexibility index (Phi) is 4.01. The third-order valence-corrected chi connectivity index (χ3v) is 5.01. The van der Waals surface area contributed by atoms with Crippen LogP contribution in [0.15, 0.2) is 45.8 Å². The first kappa shape index (κ1) is 15.8. The second kappa shape index (κ2) is 6.33. The molecule has 0 fully saturated rings. The summed E-state index contributed by atoms with van der Waals surface area (Å²) in [4.78, 5) is 22.3. The van der Waals surface area contributed by atoms with E-state index >= 15 is 0 Å². The third kappa shape index (κ3) is 3.03. The van der Waals surface area contributed by atoms with Crippen LogP contribution in [0.5, 0.6) is 0 Å². The Balaban J connectivity index is 1.59. The highest BCUT2D eigenvalue weighted by molar-refractivity contribution is 5.47. The first-order chi connectivity index (χ1) is 12.1. The minimum absolute atomic E-state index is 0.0675. The monoisotopic (exact) mass is 335 g/mol. The lowest BCUT2D eigenvalue weighted by Crippen LogP contribution is -2.35. The number of rotatable bonds is 3. The van der Waals surface area contributed by atoms with Gasteiger partial charge in [0.25, 0.3) is 5.56 Å². The first-order valence-electron chi connectivity index (χ1n) is 8.55. The molecule has 0 spiro atoms. The molecule has 1 aromatic carbocycles. The Labute approximate surface area is 146 Å². The normalized spacial score (nSPS) is 14.5. The number of hydrogen-bond acceptors (Lipinski definition) is 4. The topological polar surface area (TPSA) is 62.1 Å². The van der Waals surface area contributed by atoms with Crippen LogP contribution in [0.3, 0.4) is 0 Å². The minimum Gasteiger partial charge on any atom is -0.461 e. The molecule has 0 aliphatic carbocycles. The van der Waals surface area contributed by atoms with Crippen LogP contribution in [0.25, 0.3) is 11.6 Å². The van der Waals surface area contributed by atoms with Crippen LogP contribution in [-0.4, -0.2) is 21.4 Å². The molecule has 5 heteroatoms. The van der Waals surface area contributed by atoms with Gasteiger partial charge in [-0.2, -0.15) is 0 Å². The van der Waals surface area contributed by atoms with Gasteiger partial charge in [0.05, 0.1) is 17.5 Å². The Hall–Kier alpha value is -2.66. The maximum Gasteiger partial charge on any atom is 0.256 e. The van der Waals surface area contributed by atoms with Gasteiger partial charge in [-0.05, 0) is 42.7 Å². The summed E-state index contributed by atoms with van der Waals surface area (Å²) in [6.07, 6.45) is 2.36. The van der Waals surface area contributed by atoms with E-state index in [0.717, 1.165) is 30.8 Å². The predicted octanol–water partition coefficient (Wildman–Crippen LogP) is 3.21. The van der Waals surface area contributed by atoms with Crippen molar-refractivity contribution in [3.63, 3.8) is 0 Å². The average molecular weight is 335 g/mol. The maximum atomic E-state index is 12.5. The van der Waals surface area contributed by atoms with Gasteiger partial charge in [-0.25, -0.2) is 4.98 Å². The van der Waals surface area contributed by atoms with Crippen molar-refractivity contribution in [2.75, 3.05) is 6.54 Å². The van der Waals surface area contributed by atoms with Crippen molar-refractivity contribution in [3.05, 3.63) is 74.9 Å². The van der Waals surface area contributed by atoms with Gasteiger partial charge in [0.15, 0.2) is 11.6 Å². The van der Waals surface area contributed by atoms with E-state index in [2.05, 4.69) is 46.9 Å². The van der Waals surface area contributed by atoms with E-state index in [1.54, 1.807) is 18.4 Å². The number of aromatic nitrogens is 2. The summed E-state index contributed by atoms with van der Waals surface area (Å²) in [5.74, 6) is 1.11. The van der Waals surface area contributed by atoms with Crippen LogP contribution in [0, 0.1) is 13.8 Å². The summed E-state index contributed by atoms with van der Waals surface area (Å²) in [5.41, 5.74) is 5.53. The fraction of sp³-hybridized carbons (Fsp3) is 0.300. The molecule has 1 aliphatic rings. The van der Waals surface area contributed by atoms with Gasteiger partial charge in [0.2, 0.25) is 0 Å². The van der Waals surface area contributed by atoms with Crippen molar-refractivity contribution in [3.8, 4) is 11.6 Å². The number of nitrogens with zero attached hydrogens (tertiary/aromatic N) is 2. The number of hydrogen-bond donors (Lipinski definition) is 1. The lowest BCUT2D eigenvalue weighted by Gasteiger charge is -2.28. The number of furan rings is 1. The standard InChI is InChI=1S/C20H21N3O2/c1-13-5-3-6-15(14(13)2)11-23-9-8-17-16(12-23)20(24)22-19(21-17)18-7-4-10-25-18/h3-7,10H,8-9,11-12H2,1-2H3,(H,21,22,24). The SMILES string of the molecule is Cc1cccc(CN2CCc3nc(-c4ccco4)[nH]c(=O)c3C2)c1C. The zero-order valence-corrected chi connectivity index (χ0v) is 14.5. The number of H-pyrrole nitrogens is 1. The Morgan fingerprint density at radius 2 is 2.12 bits per heavy atom. The fourth-order valence-corrected chi connectivity index (χ4v) is 3.37. The lowest BCUT2D eigenvalue weighted by molar-refractivity contribution is 0.241. The van der Waals surface area contributed by atoms with Crippen LogP contribution in [-0.2, 0) is 19.5 Å². The molecule has 0 bridgehead atoms. The molecule has 2 aromatic heterocycles. The number of aryl methyl sites for hydroxylation is 1. The number of fused-ring (bicyclic) bond motifs is 1. The largest absolute Gasteiger partial charge is 0.461 e. The first-order valence-corrected chi connectivity index (χ1v) is 8.55. The van der Waals surface area contributed by atoms with E-state index in [-0.39, 0.29) is 5.56 Å². The highest BCUT2D eigenvalue weighted by Crippen LogP contribution is 2.21. The number of benzene rings is 1. The maximum absolute atomic E-state index is 12.5. The van der Waals surface area contributed by atoms with Crippen LogP contribution >= 0.6 is 0 Å². The molecule has 1 N–H and O–H groups in total. The van der Waals surface area contributed by atoms with Crippen molar-refractivity contribution in [2.45, 2.75) is 33.4 Å². The molecule has 0 amide bonds. The molecule has 4 rings (SSSR count). The molecule has 128 valence electrons. The van der Waals surface area contributed by atoms with Crippen LogP contribution in [0.1, 0.15) is 27.9 Å². The van der Waals surface area contributed by atoms with E-state index in [9.17, 15) is 4.79 Å². The molecule has 3 aromatic rings. The molecule has 0 atom stereocenters. The molecular formula is C20H21N3O2. The molecular weight excluding hydrogens is 314 g/mol. The van der Waals surface area contributed by atoms with Crippen LogP contribution in [0.2, 0.25) is 0 Å². The highest BCUT2D eigenvalue weighted by atomic mass is 16.3. The van der Waals surface area contributed by atoms with E-state index < -0.39 is 0 Å². The van der Waals surface area contributed by atoms with Gasteiger partial charge in [-0.3, -0.25) is 9.69 Å². The predicted molar refractivity (Wildman–Crippen MR) is 96.3 cm³/mol. The van der Waals surface area contributed by atoms with Crippen LogP contribution in [0.4, 0.5) is 0 Å². The Morgan fingerprint density at radius 3 is 2.92 bits per heavy atom. The van der Waals surface area contributed by atoms with Crippen molar-refractivity contribution in [1.29, 1.82) is 0 Å². The van der Waals surface area contributed by atoms with Crippen molar-refractivity contribution < 1.29 is 4.42 Å². The van der Waals surface area contributed by atoms with Crippen LogP contribution < -0.4 is 5.56 Å².